The molecule has 1 aliphatic heterocycles. The summed E-state index contributed by atoms with van der Waals surface area (Å²) in [5.41, 5.74) is 3.85. The number of amides is 2. The number of hydrogen-bond acceptors (Lipinski definition) is 4. The Bertz CT molecular complexity index is 1300. The highest BCUT2D eigenvalue weighted by Crippen LogP contribution is 2.37. The normalized spacial score (nSPS) is 20.8. The van der Waals surface area contributed by atoms with Gasteiger partial charge in [0, 0.05) is 30.1 Å². The minimum absolute atomic E-state index is 0.0418. The van der Waals surface area contributed by atoms with Crippen molar-refractivity contribution in [2.45, 2.75) is 84.8 Å². The maximum absolute atomic E-state index is 13.1. The summed E-state index contributed by atoms with van der Waals surface area (Å²) in [5, 5.41) is 6.20. The van der Waals surface area contributed by atoms with Crippen molar-refractivity contribution >= 4 is 28.8 Å². The van der Waals surface area contributed by atoms with Crippen LogP contribution in [0.4, 0.5) is 5.95 Å². The predicted octanol–water partition coefficient (Wildman–Crippen LogP) is 6.41. The Morgan fingerprint density at radius 3 is 2.27 bits per heavy atom. The number of likely N-dealkylation sites (tertiary alicyclic amines) is 1. The molecule has 2 amide bonds. The van der Waals surface area contributed by atoms with Gasteiger partial charge in [0.05, 0.1) is 11.0 Å². The molecule has 0 radical (unpaired) electrons. The van der Waals surface area contributed by atoms with Crippen molar-refractivity contribution in [3.05, 3.63) is 59.7 Å². The molecule has 1 saturated heterocycles. The molecule has 2 aromatic carbocycles. The van der Waals surface area contributed by atoms with E-state index in [0.29, 0.717) is 11.5 Å². The summed E-state index contributed by atoms with van der Waals surface area (Å²) < 4.78 is 2.24. The Morgan fingerprint density at radius 2 is 1.62 bits per heavy atom. The van der Waals surface area contributed by atoms with Crippen LogP contribution in [0, 0.1) is 17.8 Å². The average Bonchev–Trinajstić information content (AvgIpc) is 3.30. The lowest BCUT2D eigenvalue weighted by Gasteiger charge is -2.34. The van der Waals surface area contributed by atoms with Crippen molar-refractivity contribution in [3.63, 3.8) is 0 Å². The minimum atomic E-state index is -0.157. The van der Waals surface area contributed by atoms with Gasteiger partial charge >= 0.3 is 0 Å². The van der Waals surface area contributed by atoms with E-state index < -0.39 is 0 Å². The van der Waals surface area contributed by atoms with Crippen LogP contribution in [0.3, 0.4) is 0 Å². The van der Waals surface area contributed by atoms with Crippen LogP contribution in [0.2, 0.25) is 0 Å². The van der Waals surface area contributed by atoms with Gasteiger partial charge in [0.2, 0.25) is 11.9 Å². The van der Waals surface area contributed by atoms with Crippen LogP contribution in [-0.4, -0.2) is 45.4 Å². The number of fused-ring (bicyclic) bond motifs is 1. The second-order valence-electron chi connectivity index (χ2n) is 12.5. The van der Waals surface area contributed by atoms with Gasteiger partial charge in [-0.25, -0.2) is 4.98 Å². The number of carbonyl (C=O) groups is 2. The average molecular weight is 544 g/mol. The Kier molecular flexibility index (Phi) is 8.89. The monoisotopic (exact) mass is 543 g/mol. The predicted molar refractivity (Wildman–Crippen MR) is 161 cm³/mol. The Balaban J connectivity index is 1.39. The Labute approximate surface area is 238 Å². The lowest BCUT2D eigenvalue weighted by atomic mass is 9.85. The number of imidazole rings is 1. The molecule has 2 heterocycles. The van der Waals surface area contributed by atoms with Gasteiger partial charge in [-0.05, 0) is 107 Å². The quantitative estimate of drug-likeness (QED) is 0.344. The van der Waals surface area contributed by atoms with E-state index >= 15 is 0 Å². The van der Waals surface area contributed by atoms with Gasteiger partial charge in [-0.3, -0.25) is 19.8 Å². The van der Waals surface area contributed by atoms with Crippen LogP contribution in [0.25, 0.3) is 11.0 Å². The maximum Gasteiger partial charge on any atom is 0.257 e. The number of anilines is 1. The van der Waals surface area contributed by atoms with Crippen LogP contribution in [0.5, 0.6) is 0 Å². The van der Waals surface area contributed by atoms with E-state index in [9.17, 15) is 9.59 Å². The number of nitrogens with zero attached hydrogens (tertiary/aromatic N) is 3. The summed E-state index contributed by atoms with van der Waals surface area (Å²) in [6.45, 7) is 11.9. The molecule has 1 aliphatic carbocycles. The standard InChI is InChI=1S/C33H45N5O2/c1-22(2)25-16-18-37(19-17-25)21-24-10-15-29-30(20-24)38(28-13-11-27(12-14-28)31(39)34-23(3)4)33(35-29)36-32(40)26-8-6-5-7-9-26/h5-10,15,20,22-23,25,27-28H,11-14,16-19,21H2,1-4H3,(H,34,39)(H,35,36,40). The number of aromatic nitrogens is 2. The number of piperidine rings is 1. The van der Waals surface area contributed by atoms with Crippen LogP contribution < -0.4 is 10.6 Å². The van der Waals surface area contributed by atoms with Crippen molar-refractivity contribution < 1.29 is 9.59 Å². The molecule has 7 nitrogen and oxygen atoms in total. The molecule has 2 fully saturated rings. The van der Waals surface area contributed by atoms with Crippen molar-refractivity contribution in [1.29, 1.82) is 0 Å². The SMILES string of the molecule is CC(C)NC(=O)C1CCC(n2c(NC(=O)c3ccccc3)nc3ccc(CN4CCC(C(C)C)CC4)cc32)CC1. The summed E-state index contributed by atoms with van der Waals surface area (Å²) in [7, 11) is 0. The summed E-state index contributed by atoms with van der Waals surface area (Å²) in [6.07, 6.45) is 5.95. The second kappa shape index (κ2) is 12.5. The molecule has 1 saturated carbocycles. The smallest absolute Gasteiger partial charge is 0.257 e. The molecule has 3 aromatic rings. The molecule has 2 aliphatic rings. The molecule has 1 aromatic heterocycles. The minimum Gasteiger partial charge on any atom is -0.354 e. The van der Waals surface area contributed by atoms with Crippen molar-refractivity contribution in [1.82, 2.24) is 19.8 Å². The van der Waals surface area contributed by atoms with Crippen LogP contribution in [0.15, 0.2) is 48.5 Å². The summed E-state index contributed by atoms with van der Waals surface area (Å²) in [4.78, 5) is 33.3. The largest absolute Gasteiger partial charge is 0.354 e. The van der Waals surface area contributed by atoms with Crippen molar-refractivity contribution in [2.24, 2.45) is 17.8 Å². The number of hydrogen-bond donors (Lipinski definition) is 2. The first-order valence-corrected chi connectivity index (χ1v) is 15.2. The van der Waals surface area contributed by atoms with E-state index in [2.05, 4.69) is 52.1 Å². The van der Waals surface area contributed by atoms with E-state index in [1.165, 1.54) is 18.4 Å². The van der Waals surface area contributed by atoms with Gasteiger partial charge in [-0.2, -0.15) is 0 Å². The van der Waals surface area contributed by atoms with E-state index in [0.717, 1.165) is 68.2 Å². The zero-order valence-corrected chi connectivity index (χ0v) is 24.5. The van der Waals surface area contributed by atoms with Gasteiger partial charge in [-0.15, -0.1) is 0 Å². The maximum atomic E-state index is 13.1. The fourth-order valence-electron chi connectivity index (χ4n) is 6.49. The Hall–Kier alpha value is -3.19. The summed E-state index contributed by atoms with van der Waals surface area (Å²) in [5.74, 6) is 2.21. The number of rotatable bonds is 8. The third-order valence-corrected chi connectivity index (χ3v) is 8.86. The first-order chi connectivity index (χ1) is 19.3. The van der Waals surface area contributed by atoms with E-state index in [1.807, 2.05) is 44.2 Å². The van der Waals surface area contributed by atoms with Gasteiger partial charge in [0.25, 0.3) is 5.91 Å². The summed E-state index contributed by atoms with van der Waals surface area (Å²) in [6, 6.07) is 16.2. The third-order valence-electron chi connectivity index (χ3n) is 8.86. The molecule has 5 rings (SSSR count). The van der Waals surface area contributed by atoms with E-state index in [1.54, 1.807) is 0 Å². The fourth-order valence-corrected chi connectivity index (χ4v) is 6.49. The Morgan fingerprint density at radius 1 is 0.925 bits per heavy atom. The number of carbonyl (C=O) groups excluding carboxylic acids is 2. The van der Waals surface area contributed by atoms with Gasteiger partial charge in [0.15, 0.2) is 0 Å². The lowest BCUT2D eigenvalue weighted by molar-refractivity contribution is -0.126. The number of benzene rings is 2. The fraction of sp³-hybridized carbons (Fsp3) is 0.545. The molecule has 0 spiro atoms. The molecule has 0 atom stereocenters. The van der Waals surface area contributed by atoms with E-state index in [-0.39, 0.29) is 29.8 Å². The second-order valence-corrected chi connectivity index (χ2v) is 12.5. The molecule has 2 N–H and O–H groups in total. The highest BCUT2D eigenvalue weighted by Gasteiger charge is 2.30. The van der Waals surface area contributed by atoms with Crippen LogP contribution in [0.1, 0.15) is 88.2 Å². The highest BCUT2D eigenvalue weighted by molar-refractivity contribution is 6.04. The van der Waals surface area contributed by atoms with Crippen molar-refractivity contribution in [2.75, 3.05) is 18.4 Å². The molecule has 7 heteroatoms. The van der Waals surface area contributed by atoms with Gasteiger partial charge < -0.3 is 9.88 Å². The van der Waals surface area contributed by atoms with Crippen LogP contribution in [-0.2, 0) is 11.3 Å². The molecular weight excluding hydrogens is 498 g/mol. The first-order valence-electron chi connectivity index (χ1n) is 15.2. The highest BCUT2D eigenvalue weighted by atomic mass is 16.2. The lowest BCUT2D eigenvalue weighted by Crippen LogP contribution is -2.37. The third kappa shape index (κ3) is 6.57. The zero-order chi connectivity index (χ0) is 28.2. The molecule has 0 unspecified atom stereocenters. The topological polar surface area (TPSA) is 79.3 Å². The molecule has 214 valence electrons. The summed E-state index contributed by atoms with van der Waals surface area (Å²) >= 11 is 0. The molecule has 0 bridgehead atoms. The van der Waals surface area contributed by atoms with E-state index in [4.69, 9.17) is 4.98 Å². The molecule has 40 heavy (non-hydrogen) atoms. The van der Waals surface area contributed by atoms with Gasteiger partial charge in [0.1, 0.15) is 0 Å². The molecular formula is C33H45N5O2. The zero-order valence-electron chi connectivity index (χ0n) is 24.5. The van der Waals surface area contributed by atoms with Gasteiger partial charge in [-0.1, -0.05) is 38.1 Å². The first kappa shape index (κ1) is 28.3. The van der Waals surface area contributed by atoms with Crippen LogP contribution >= 0.6 is 0 Å². The van der Waals surface area contributed by atoms with Crippen molar-refractivity contribution in [3.8, 4) is 0 Å². The number of nitrogens with one attached hydrogen (secondary N) is 2.